The van der Waals surface area contributed by atoms with Gasteiger partial charge in [-0.1, -0.05) is 24.4 Å². The molecule has 3 aromatic rings. The topological polar surface area (TPSA) is 56.2 Å². The van der Waals surface area contributed by atoms with Gasteiger partial charge in [-0.25, -0.2) is 13.9 Å². The molecule has 0 spiro atoms. The highest BCUT2D eigenvalue weighted by Crippen LogP contribution is 2.21. The van der Waals surface area contributed by atoms with E-state index in [1.54, 1.807) is 28.8 Å². The van der Waals surface area contributed by atoms with Gasteiger partial charge < -0.3 is 5.73 Å². The van der Waals surface area contributed by atoms with E-state index in [4.69, 9.17) is 18.0 Å². The molecule has 0 bridgehead atoms. The molecule has 0 aliphatic heterocycles. The van der Waals surface area contributed by atoms with Gasteiger partial charge in [-0.2, -0.15) is 0 Å². The molecule has 3 rings (SSSR count). The fourth-order valence-electron chi connectivity index (χ4n) is 2.03. The van der Waals surface area contributed by atoms with Crippen LogP contribution >= 0.6 is 12.2 Å². The third kappa shape index (κ3) is 1.94. The highest BCUT2D eigenvalue weighted by atomic mass is 32.1. The van der Waals surface area contributed by atoms with Crippen LogP contribution in [-0.4, -0.2) is 19.6 Å². The number of aromatic nitrogens is 3. The van der Waals surface area contributed by atoms with Gasteiger partial charge in [0.15, 0.2) is 11.5 Å². The van der Waals surface area contributed by atoms with Gasteiger partial charge in [0.1, 0.15) is 10.8 Å². The Kier molecular flexibility index (Phi) is 2.94. The van der Waals surface area contributed by atoms with Crippen molar-refractivity contribution >= 4 is 22.9 Å². The van der Waals surface area contributed by atoms with Crippen LogP contribution in [0.1, 0.15) is 11.3 Å². The summed E-state index contributed by atoms with van der Waals surface area (Å²) < 4.78 is 15.4. The predicted octanol–water partition coefficient (Wildman–Crippen LogP) is 2.48. The SMILES string of the molecule is Cc1ccc(C(N)=S)c2nc(-c3ccccc3F)nn12. The van der Waals surface area contributed by atoms with E-state index in [1.807, 2.05) is 13.0 Å². The van der Waals surface area contributed by atoms with E-state index in [0.717, 1.165) is 5.69 Å². The highest BCUT2D eigenvalue weighted by molar-refractivity contribution is 7.80. The Morgan fingerprint density at radius 3 is 2.70 bits per heavy atom. The van der Waals surface area contributed by atoms with Crippen molar-refractivity contribution in [2.45, 2.75) is 6.92 Å². The van der Waals surface area contributed by atoms with Crippen molar-refractivity contribution in [2.24, 2.45) is 5.73 Å². The molecule has 2 aromatic heterocycles. The number of aryl methyl sites for hydroxylation is 1. The van der Waals surface area contributed by atoms with Crippen molar-refractivity contribution in [1.82, 2.24) is 14.6 Å². The molecule has 2 heterocycles. The first-order valence-electron chi connectivity index (χ1n) is 5.99. The van der Waals surface area contributed by atoms with E-state index in [-0.39, 0.29) is 10.8 Å². The summed E-state index contributed by atoms with van der Waals surface area (Å²) in [6.45, 7) is 1.89. The number of nitrogens with zero attached hydrogens (tertiary/aromatic N) is 3. The van der Waals surface area contributed by atoms with E-state index in [9.17, 15) is 4.39 Å². The van der Waals surface area contributed by atoms with Crippen LogP contribution in [0.3, 0.4) is 0 Å². The molecule has 4 nitrogen and oxygen atoms in total. The number of hydrogen-bond acceptors (Lipinski definition) is 3. The van der Waals surface area contributed by atoms with E-state index >= 15 is 0 Å². The quantitative estimate of drug-likeness (QED) is 0.735. The number of nitrogens with two attached hydrogens (primary N) is 1. The molecule has 20 heavy (non-hydrogen) atoms. The molecule has 100 valence electrons. The van der Waals surface area contributed by atoms with Crippen molar-refractivity contribution < 1.29 is 4.39 Å². The molecule has 0 saturated carbocycles. The molecule has 0 amide bonds. The summed E-state index contributed by atoms with van der Waals surface area (Å²) in [5, 5.41) is 4.34. The molecule has 0 aliphatic rings. The van der Waals surface area contributed by atoms with Crippen molar-refractivity contribution in [3.63, 3.8) is 0 Å². The standard InChI is InChI=1S/C14H11FN4S/c1-8-6-7-10(12(16)20)14-17-13(18-19(8)14)9-4-2-3-5-11(9)15/h2-7H,1H3,(H2,16,20). The molecule has 0 aliphatic carbocycles. The molecule has 0 unspecified atom stereocenters. The molecule has 0 saturated heterocycles. The molecular weight excluding hydrogens is 275 g/mol. The Hall–Kier alpha value is -2.34. The first-order chi connectivity index (χ1) is 9.58. The van der Waals surface area contributed by atoms with Crippen LogP contribution in [0.15, 0.2) is 36.4 Å². The summed E-state index contributed by atoms with van der Waals surface area (Å²) >= 11 is 5.01. The Bertz CT molecular complexity index is 825. The minimum Gasteiger partial charge on any atom is -0.389 e. The highest BCUT2D eigenvalue weighted by Gasteiger charge is 2.15. The minimum absolute atomic E-state index is 0.238. The molecule has 1 aromatic carbocycles. The zero-order valence-corrected chi connectivity index (χ0v) is 11.5. The lowest BCUT2D eigenvalue weighted by Crippen LogP contribution is -2.12. The fourth-order valence-corrected chi connectivity index (χ4v) is 2.19. The number of fused-ring (bicyclic) bond motifs is 1. The second-order valence-electron chi connectivity index (χ2n) is 4.40. The van der Waals surface area contributed by atoms with Crippen LogP contribution in [0.5, 0.6) is 0 Å². The molecule has 0 radical (unpaired) electrons. The van der Waals surface area contributed by atoms with Gasteiger partial charge in [-0.3, -0.25) is 0 Å². The zero-order chi connectivity index (χ0) is 14.3. The van der Waals surface area contributed by atoms with E-state index in [0.29, 0.717) is 22.6 Å². The first-order valence-corrected chi connectivity index (χ1v) is 6.40. The van der Waals surface area contributed by atoms with Crippen molar-refractivity contribution in [2.75, 3.05) is 0 Å². The molecular formula is C14H11FN4S. The third-order valence-corrected chi connectivity index (χ3v) is 3.27. The lowest BCUT2D eigenvalue weighted by atomic mass is 10.2. The maximum absolute atomic E-state index is 13.8. The van der Waals surface area contributed by atoms with Crippen LogP contribution in [-0.2, 0) is 0 Å². The zero-order valence-electron chi connectivity index (χ0n) is 10.7. The second kappa shape index (κ2) is 4.64. The Labute approximate surface area is 120 Å². The van der Waals surface area contributed by atoms with E-state index < -0.39 is 0 Å². The Balaban J connectivity index is 2.31. The number of hydrogen-bond donors (Lipinski definition) is 1. The van der Waals surface area contributed by atoms with Crippen molar-refractivity contribution in [3.05, 3.63) is 53.5 Å². The molecule has 0 fully saturated rings. The molecule has 2 N–H and O–H groups in total. The number of halogens is 1. The monoisotopic (exact) mass is 286 g/mol. The fraction of sp³-hybridized carbons (Fsp3) is 0.0714. The summed E-state index contributed by atoms with van der Waals surface area (Å²) in [5.41, 5.74) is 8.07. The van der Waals surface area contributed by atoms with E-state index in [2.05, 4.69) is 10.1 Å². The lowest BCUT2D eigenvalue weighted by Gasteiger charge is -2.02. The van der Waals surface area contributed by atoms with Gasteiger partial charge in [0.2, 0.25) is 0 Å². The summed E-state index contributed by atoms with van der Waals surface area (Å²) in [6, 6.07) is 10.0. The van der Waals surface area contributed by atoms with Gasteiger partial charge >= 0.3 is 0 Å². The van der Waals surface area contributed by atoms with Crippen LogP contribution in [0, 0.1) is 12.7 Å². The van der Waals surface area contributed by atoms with Crippen molar-refractivity contribution in [1.29, 1.82) is 0 Å². The minimum atomic E-state index is -0.363. The largest absolute Gasteiger partial charge is 0.389 e. The maximum atomic E-state index is 13.8. The normalized spacial score (nSPS) is 10.9. The molecule has 0 atom stereocenters. The van der Waals surface area contributed by atoms with Crippen LogP contribution in [0.2, 0.25) is 0 Å². The summed E-state index contributed by atoms with van der Waals surface area (Å²) in [6.07, 6.45) is 0. The Morgan fingerprint density at radius 2 is 2.00 bits per heavy atom. The van der Waals surface area contributed by atoms with E-state index in [1.165, 1.54) is 6.07 Å². The van der Waals surface area contributed by atoms with Gasteiger partial charge in [0.05, 0.1) is 11.1 Å². The summed E-state index contributed by atoms with van der Waals surface area (Å²) in [5.74, 6) is -0.0483. The number of thiocarbonyl (C=S) groups is 1. The average molecular weight is 286 g/mol. The van der Waals surface area contributed by atoms with Gasteiger partial charge in [-0.05, 0) is 31.2 Å². The Morgan fingerprint density at radius 1 is 1.25 bits per heavy atom. The number of rotatable bonds is 2. The average Bonchev–Trinajstić information content (AvgIpc) is 2.84. The molecule has 6 heteroatoms. The lowest BCUT2D eigenvalue weighted by molar-refractivity contribution is 0.630. The third-order valence-electron chi connectivity index (χ3n) is 3.05. The summed E-state index contributed by atoms with van der Waals surface area (Å²) in [7, 11) is 0. The van der Waals surface area contributed by atoms with Gasteiger partial charge in [0.25, 0.3) is 0 Å². The number of pyridine rings is 1. The van der Waals surface area contributed by atoms with Crippen LogP contribution < -0.4 is 5.73 Å². The second-order valence-corrected chi connectivity index (χ2v) is 4.84. The van der Waals surface area contributed by atoms with Crippen molar-refractivity contribution in [3.8, 4) is 11.4 Å². The maximum Gasteiger partial charge on any atom is 0.185 e. The van der Waals surface area contributed by atoms with Gasteiger partial charge in [0, 0.05) is 5.69 Å². The van der Waals surface area contributed by atoms with Crippen LogP contribution in [0.4, 0.5) is 4.39 Å². The number of benzene rings is 1. The van der Waals surface area contributed by atoms with Gasteiger partial charge in [-0.15, -0.1) is 5.10 Å². The first kappa shape index (κ1) is 12.7. The smallest absolute Gasteiger partial charge is 0.185 e. The van der Waals surface area contributed by atoms with Crippen LogP contribution in [0.25, 0.3) is 17.0 Å². The summed E-state index contributed by atoms with van der Waals surface area (Å²) in [4.78, 5) is 4.61. The predicted molar refractivity (Wildman–Crippen MR) is 79.0 cm³/mol.